The van der Waals surface area contributed by atoms with E-state index in [1.807, 2.05) is 24.3 Å². The van der Waals surface area contributed by atoms with Crippen LogP contribution < -0.4 is 4.74 Å². The van der Waals surface area contributed by atoms with E-state index in [0.717, 1.165) is 22.6 Å². The molecule has 0 atom stereocenters. The van der Waals surface area contributed by atoms with E-state index < -0.39 is 0 Å². The molecule has 0 aromatic heterocycles. The minimum Gasteiger partial charge on any atom is -0.457 e. The van der Waals surface area contributed by atoms with E-state index in [-0.39, 0.29) is 0 Å². The minimum absolute atomic E-state index is 0.818. The summed E-state index contributed by atoms with van der Waals surface area (Å²) in [7, 11) is 0. The highest BCUT2D eigenvalue weighted by Crippen LogP contribution is 2.29. The van der Waals surface area contributed by atoms with Crippen LogP contribution in [0.5, 0.6) is 11.5 Å². The normalized spacial score (nSPS) is 10.4. The fourth-order valence-corrected chi connectivity index (χ4v) is 1.77. The lowest BCUT2D eigenvalue weighted by molar-refractivity contribution is 0.476. The van der Waals surface area contributed by atoms with Crippen LogP contribution >= 0.6 is 0 Å². The molecule has 0 fully saturated rings. The molecule has 0 saturated heterocycles. The third-order valence-electron chi connectivity index (χ3n) is 2.98. The summed E-state index contributed by atoms with van der Waals surface area (Å²) in [5, 5.41) is 0. The second-order valence-corrected chi connectivity index (χ2v) is 4.41. The van der Waals surface area contributed by atoms with E-state index in [4.69, 9.17) is 4.74 Å². The van der Waals surface area contributed by atoms with Crippen molar-refractivity contribution in [3.05, 3.63) is 65.6 Å². The van der Waals surface area contributed by atoms with Gasteiger partial charge >= 0.3 is 0 Å². The summed E-state index contributed by atoms with van der Waals surface area (Å²) in [6.07, 6.45) is 0. The molecule has 87 valence electrons. The Bertz CT molecular complexity index is 541. The maximum absolute atomic E-state index is 5.91. The molecule has 2 aromatic rings. The van der Waals surface area contributed by atoms with Gasteiger partial charge in [-0.15, -0.1) is 0 Å². The van der Waals surface area contributed by atoms with Crippen LogP contribution in [0.1, 0.15) is 22.3 Å². The third-order valence-corrected chi connectivity index (χ3v) is 2.98. The molecule has 0 saturated carbocycles. The number of benzene rings is 2. The van der Waals surface area contributed by atoms with E-state index >= 15 is 0 Å². The Kier molecular flexibility index (Phi) is 3.19. The SMILES string of the molecule is [CH2]c1ccccc1Oc1cc(C)c(C)cc1C. The first-order valence-corrected chi connectivity index (χ1v) is 5.74. The van der Waals surface area contributed by atoms with Crippen molar-refractivity contribution in [2.45, 2.75) is 20.8 Å². The molecule has 2 rings (SSSR count). The van der Waals surface area contributed by atoms with Crippen molar-refractivity contribution in [3.8, 4) is 11.5 Å². The van der Waals surface area contributed by atoms with Crippen LogP contribution in [0, 0.1) is 27.7 Å². The number of para-hydroxylation sites is 1. The molecule has 2 aromatic carbocycles. The fraction of sp³-hybridized carbons (Fsp3) is 0.188. The van der Waals surface area contributed by atoms with Gasteiger partial charge in [-0.2, -0.15) is 0 Å². The van der Waals surface area contributed by atoms with Crippen molar-refractivity contribution in [3.63, 3.8) is 0 Å². The summed E-state index contributed by atoms with van der Waals surface area (Å²) in [6.45, 7) is 10.2. The molecule has 1 heteroatoms. The van der Waals surface area contributed by atoms with Crippen LogP contribution in [0.4, 0.5) is 0 Å². The van der Waals surface area contributed by atoms with Crippen molar-refractivity contribution in [2.24, 2.45) is 0 Å². The summed E-state index contributed by atoms with van der Waals surface area (Å²) in [4.78, 5) is 0. The van der Waals surface area contributed by atoms with Gasteiger partial charge in [-0.25, -0.2) is 0 Å². The van der Waals surface area contributed by atoms with Crippen molar-refractivity contribution >= 4 is 0 Å². The highest BCUT2D eigenvalue weighted by Gasteiger charge is 2.05. The van der Waals surface area contributed by atoms with Crippen molar-refractivity contribution < 1.29 is 4.74 Å². The first kappa shape index (κ1) is 11.7. The van der Waals surface area contributed by atoms with Crippen molar-refractivity contribution in [1.82, 2.24) is 0 Å². The lowest BCUT2D eigenvalue weighted by Gasteiger charge is -2.12. The smallest absolute Gasteiger partial charge is 0.130 e. The quantitative estimate of drug-likeness (QED) is 0.726. The molecule has 1 radical (unpaired) electrons. The lowest BCUT2D eigenvalue weighted by Crippen LogP contribution is -1.92. The average Bonchev–Trinajstić information content (AvgIpc) is 2.29. The highest BCUT2D eigenvalue weighted by atomic mass is 16.5. The van der Waals surface area contributed by atoms with E-state index in [1.54, 1.807) is 0 Å². The van der Waals surface area contributed by atoms with Crippen LogP contribution in [0.15, 0.2) is 36.4 Å². The van der Waals surface area contributed by atoms with E-state index in [0.29, 0.717) is 0 Å². The van der Waals surface area contributed by atoms with Gasteiger partial charge in [0.2, 0.25) is 0 Å². The Morgan fingerprint density at radius 2 is 1.47 bits per heavy atom. The molecular weight excluding hydrogens is 208 g/mol. The van der Waals surface area contributed by atoms with Gasteiger partial charge < -0.3 is 4.74 Å². The van der Waals surface area contributed by atoms with Gasteiger partial charge in [-0.1, -0.05) is 24.3 Å². The topological polar surface area (TPSA) is 9.23 Å². The highest BCUT2D eigenvalue weighted by molar-refractivity contribution is 5.45. The molecule has 0 aliphatic heterocycles. The van der Waals surface area contributed by atoms with Crippen LogP contribution in [-0.4, -0.2) is 0 Å². The number of ether oxygens (including phenoxy) is 1. The number of hydrogen-bond acceptors (Lipinski definition) is 1. The summed E-state index contributed by atoms with van der Waals surface area (Å²) in [5.41, 5.74) is 4.59. The van der Waals surface area contributed by atoms with E-state index in [9.17, 15) is 0 Å². The Balaban J connectivity index is 2.37. The lowest BCUT2D eigenvalue weighted by atomic mass is 10.1. The van der Waals surface area contributed by atoms with Crippen molar-refractivity contribution in [2.75, 3.05) is 0 Å². The zero-order valence-corrected chi connectivity index (χ0v) is 10.6. The molecule has 17 heavy (non-hydrogen) atoms. The van der Waals surface area contributed by atoms with Crippen LogP contribution in [-0.2, 0) is 0 Å². The van der Waals surface area contributed by atoms with Gasteiger partial charge in [0, 0.05) is 0 Å². The van der Waals surface area contributed by atoms with Crippen LogP contribution in [0.2, 0.25) is 0 Å². The minimum atomic E-state index is 0.818. The molecule has 0 aliphatic rings. The van der Waals surface area contributed by atoms with Gasteiger partial charge in [0.25, 0.3) is 0 Å². The Morgan fingerprint density at radius 1 is 0.824 bits per heavy atom. The monoisotopic (exact) mass is 225 g/mol. The fourth-order valence-electron chi connectivity index (χ4n) is 1.77. The summed E-state index contributed by atoms with van der Waals surface area (Å²) >= 11 is 0. The molecule has 0 aliphatic carbocycles. The summed E-state index contributed by atoms with van der Waals surface area (Å²) in [5.74, 6) is 1.73. The standard InChI is InChI=1S/C16H17O/c1-11-7-5-6-8-15(11)17-16-10-13(3)12(2)9-14(16)4/h5-10H,1H2,2-4H3. The number of rotatable bonds is 2. The van der Waals surface area contributed by atoms with Gasteiger partial charge in [0.15, 0.2) is 0 Å². The molecule has 0 heterocycles. The van der Waals surface area contributed by atoms with Gasteiger partial charge in [0.1, 0.15) is 11.5 Å². The predicted octanol–water partition coefficient (Wildman–Crippen LogP) is 4.59. The molecular formula is C16H17O. The maximum atomic E-state index is 5.91. The van der Waals surface area contributed by atoms with Gasteiger partial charge in [0.05, 0.1) is 0 Å². The zero-order chi connectivity index (χ0) is 12.4. The second-order valence-electron chi connectivity index (χ2n) is 4.41. The second kappa shape index (κ2) is 4.62. The average molecular weight is 225 g/mol. The molecule has 0 unspecified atom stereocenters. The van der Waals surface area contributed by atoms with Gasteiger partial charge in [-0.3, -0.25) is 0 Å². The van der Waals surface area contributed by atoms with E-state index in [1.165, 1.54) is 11.1 Å². The summed E-state index contributed by atoms with van der Waals surface area (Å²) < 4.78 is 5.91. The molecule has 0 amide bonds. The largest absolute Gasteiger partial charge is 0.457 e. The number of hydrogen-bond donors (Lipinski definition) is 0. The first-order valence-electron chi connectivity index (χ1n) is 5.74. The molecule has 0 N–H and O–H groups in total. The van der Waals surface area contributed by atoms with Crippen molar-refractivity contribution in [1.29, 1.82) is 0 Å². The maximum Gasteiger partial charge on any atom is 0.130 e. The summed E-state index contributed by atoms with van der Waals surface area (Å²) in [6, 6.07) is 12.0. The Labute approximate surface area is 103 Å². The first-order chi connectivity index (χ1) is 8.08. The molecule has 1 nitrogen and oxygen atoms in total. The van der Waals surface area contributed by atoms with Crippen LogP contribution in [0.3, 0.4) is 0 Å². The molecule has 0 bridgehead atoms. The van der Waals surface area contributed by atoms with Crippen LogP contribution in [0.25, 0.3) is 0 Å². The Hall–Kier alpha value is -1.76. The van der Waals surface area contributed by atoms with Gasteiger partial charge in [-0.05, 0) is 62.1 Å². The molecule has 0 spiro atoms. The predicted molar refractivity (Wildman–Crippen MR) is 71.6 cm³/mol. The zero-order valence-electron chi connectivity index (χ0n) is 10.6. The number of aryl methyl sites for hydroxylation is 3. The van der Waals surface area contributed by atoms with E-state index in [2.05, 4.69) is 39.8 Å². The third kappa shape index (κ3) is 2.50. The Morgan fingerprint density at radius 3 is 2.18 bits per heavy atom.